The van der Waals surface area contributed by atoms with Gasteiger partial charge < -0.3 is 0 Å². The van der Waals surface area contributed by atoms with Gasteiger partial charge in [0, 0.05) is 29.5 Å². The van der Waals surface area contributed by atoms with Gasteiger partial charge in [-0.05, 0) is 12.8 Å². The van der Waals surface area contributed by atoms with Crippen LogP contribution in [0.15, 0.2) is 35.3 Å². The van der Waals surface area contributed by atoms with Gasteiger partial charge in [0.15, 0.2) is 5.82 Å². The molecular weight excluding hydrogens is 246 g/mol. The fraction of sp³-hybridized carbons (Fsp3) is 0.353. The van der Waals surface area contributed by atoms with Crippen LogP contribution in [0.1, 0.15) is 36.7 Å². The number of hydrogen-bond donors (Lipinski definition) is 0. The molecule has 3 heteroatoms. The van der Waals surface area contributed by atoms with Gasteiger partial charge in [0.1, 0.15) is 0 Å². The number of fused-ring (bicyclic) bond motifs is 1. The summed E-state index contributed by atoms with van der Waals surface area (Å²) < 4.78 is 0. The molecule has 0 radical (unpaired) electrons. The Bertz CT molecular complexity index is 618. The third kappa shape index (κ3) is 2.62. The Labute approximate surface area is 119 Å². The highest BCUT2D eigenvalue weighted by atomic mass is 14.9. The van der Waals surface area contributed by atoms with Crippen LogP contribution in [0, 0.1) is 0 Å². The molecule has 1 aromatic carbocycles. The SMILES string of the molecule is CCCCc1nc(-c2ccccc2)nc2c1CC=NC2. The first kappa shape index (κ1) is 13.0. The van der Waals surface area contributed by atoms with E-state index in [4.69, 9.17) is 9.97 Å². The summed E-state index contributed by atoms with van der Waals surface area (Å²) in [5.41, 5.74) is 4.70. The van der Waals surface area contributed by atoms with Crippen LogP contribution in [-0.2, 0) is 19.4 Å². The Balaban J connectivity index is 2.04. The second-order valence-electron chi connectivity index (χ2n) is 5.12. The van der Waals surface area contributed by atoms with Crippen LogP contribution in [0.4, 0.5) is 0 Å². The van der Waals surface area contributed by atoms with Crippen molar-refractivity contribution in [2.24, 2.45) is 4.99 Å². The molecule has 0 fully saturated rings. The molecular formula is C17H19N3. The maximum atomic E-state index is 4.82. The summed E-state index contributed by atoms with van der Waals surface area (Å²) in [7, 11) is 0. The Morgan fingerprint density at radius 3 is 2.75 bits per heavy atom. The predicted octanol–water partition coefficient (Wildman–Crippen LogP) is 3.61. The predicted molar refractivity (Wildman–Crippen MR) is 82.0 cm³/mol. The first-order valence-electron chi connectivity index (χ1n) is 7.31. The Kier molecular flexibility index (Phi) is 3.86. The molecule has 0 saturated carbocycles. The molecule has 0 unspecified atom stereocenters. The Morgan fingerprint density at radius 1 is 1.10 bits per heavy atom. The van der Waals surface area contributed by atoms with Crippen molar-refractivity contribution < 1.29 is 0 Å². The molecule has 20 heavy (non-hydrogen) atoms. The highest BCUT2D eigenvalue weighted by Crippen LogP contribution is 2.23. The number of unbranched alkanes of at least 4 members (excludes halogenated alkanes) is 1. The minimum Gasteiger partial charge on any atom is -0.291 e. The Morgan fingerprint density at radius 2 is 1.95 bits per heavy atom. The number of nitrogens with zero attached hydrogens (tertiary/aromatic N) is 3. The lowest BCUT2D eigenvalue weighted by atomic mass is 10.0. The van der Waals surface area contributed by atoms with E-state index in [1.807, 2.05) is 24.4 Å². The molecule has 3 rings (SSSR count). The van der Waals surface area contributed by atoms with Crippen molar-refractivity contribution in [2.75, 3.05) is 0 Å². The normalized spacial score (nSPS) is 13.2. The van der Waals surface area contributed by atoms with E-state index >= 15 is 0 Å². The zero-order valence-corrected chi connectivity index (χ0v) is 11.8. The lowest BCUT2D eigenvalue weighted by molar-refractivity contribution is 0.756. The first-order chi connectivity index (χ1) is 9.88. The van der Waals surface area contributed by atoms with Crippen LogP contribution in [0.2, 0.25) is 0 Å². The smallest absolute Gasteiger partial charge is 0.159 e. The number of aliphatic imine (C=N–C) groups is 1. The van der Waals surface area contributed by atoms with Crippen LogP contribution in [0.25, 0.3) is 11.4 Å². The van der Waals surface area contributed by atoms with Crippen molar-refractivity contribution in [3.05, 3.63) is 47.3 Å². The van der Waals surface area contributed by atoms with E-state index in [9.17, 15) is 0 Å². The molecule has 0 N–H and O–H groups in total. The molecule has 0 aliphatic carbocycles. The zero-order chi connectivity index (χ0) is 13.8. The number of rotatable bonds is 4. The summed E-state index contributed by atoms with van der Waals surface area (Å²) in [5, 5.41) is 0. The molecule has 0 bridgehead atoms. The van der Waals surface area contributed by atoms with Crippen molar-refractivity contribution in [3.8, 4) is 11.4 Å². The lowest BCUT2D eigenvalue weighted by Crippen LogP contribution is -2.11. The van der Waals surface area contributed by atoms with E-state index in [0.29, 0.717) is 6.54 Å². The van der Waals surface area contributed by atoms with Gasteiger partial charge in [-0.3, -0.25) is 4.99 Å². The van der Waals surface area contributed by atoms with Crippen LogP contribution < -0.4 is 0 Å². The summed E-state index contributed by atoms with van der Waals surface area (Å²) in [6.07, 6.45) is 6.27. The third-order valence-corrected chi connectivity index (χ3v) is 3.64. The fourth-order valence-electron chi connectivity index (χ4n) is 2.52. The molecule has 1 aromatic heterocycles. The van der Waals surface area contributed by atoms with Crippen LogP contribution in [0.5, 0.6) is 0 Å². The van der Waals surface area contributed by atoms with E-state index in [0.717, 1.165) is 29.9 Å². The molecule has 1 aliphatic rings. The summed E-state index contributed by atoms with van der Waals surface area (Å²) in [6.45, 7) is 2.91. The largest absolute Gasteiger partial charge is 0.291 e. The minimum absolute atomic E-state index is 0.691. The van der Waals surface area contributed by atoms with E-state index in [1.165, 1.54) is 24.1 Å². The molecule has 0 spiro atoms. The molecule has 2 aromatic rings. The van der Waals surface area contributed by atoms with Crippen LogP contribution in [-0.4, -0.2) is 16.2 Å². The standard InChI is InChI=1S/C17H19N3/c1-2-3-9-15-14-10-11-18-12-16(14)20-17(19-15)13-7-5-4-6-8-13/h4-8,11H,2-3,9-10,12H2,1H3. The molecule has 102 valence electrons. The molecule has 0 saturated heterocycles. The second-order valence-corrected chi connectivity index (χ2v) is 5.12. The first-order valence-corrected chi connectivity index (χ1v) is 7.31. The number of aromatic nitrogens is 2. The minimum atomic E-state index is 0.691. The molecule has 2 heterocycles. The lowest BCUT2D eigenvalue weighted by Gasteiger charge is -2.16. The number of benzene rings is 1. The zero-order valence-electron chi connectivity index (χ0n) is 11.8. The maximum absolute atomic E-state index is 4.82. The molecule has 0 atom stereocenters. The van der Waals surface area contributed by atoms with Gasteiger partial charge in [-0.15, -0.1) is 0 Å². The van der Waals surface area contributed by atoms with Gasteiger partial charge in [-0.1, -0.05) is 43.7 Å². The van der Waals surface area contributed by atoms with Crippen molar-refractivity contribution in [3.63, 3.8) is 0 Å². The Hall–Kier alpha value is -2.03. The van der Waals surface area contributed by atoms with Gasteiger partial charge in [-0.25, -0.2) is 9.97 Å². The topological polar surface area (TPSA) is 38.1 Å². The molecule has 0 amide bonds. The number of aryl methyl sites for hydroxylation is 1. The van der Waals surface area contributed by atoms with E-state index in [2.05, 4.69) is 24.0 Å². The van der Waals surface area contributed by atoms with E-state index < -0.39 is 0 Å². The van der Waals surface area contributed by atoms with Gasteiger partial charge in [0.25, 0.3) is 0 Å². The summed E-state index contributed by atoms with van der Waals surface area (Å²) in [5.74, 6) is 0.840. The average Bonchev–Trinajstić information content (AvgIpc) is 2.53. The van der Waals surface area contributed by atoms with Crippen LogP contribution in [0.3, 0.4) is 0 Å². The monoisotopic (exact) mass is 265 g/mol. The van der Waals surface area contributed by atoms with Gasteiger partial charge in [0.2, 0.25) is 0 Å². The average molecular weight is 265 g/mol. The highest BCUT2D eigenvalue weighted by Gasteiger charge is 2.16. The van der Waals surface area contributed by atoms with E-state index in [1.54, 1.807) is 0 Å². The summed E-state index contributed by atoms with van der Waals surface area (Å²) in [4.78, 5) is 13.9. The van der Waals surface area contributed by atoms with Gasteiger partial charge in [-0.2, -0.15) is 0 Å². The second kappa shape index (κ2) is 5.95. The van der Waals surface area contributed by atoms with Gasteiger partial charge in [0.05, 0.1) is 12.2 Å². The third-order valence-electron chi connectivity index (χ3n) is 3.64. The fourth-order valence-corrected chi connectivity index (χ4v) is 2.52. The summed E-state index contributed by atoms with van der Waals surface area (Å²) in [6, 6.07) is 10.2. The van der Waals surface area contributed by atoms with Gasteiger partial charge >= 0.3 is 0 Å². The van der Waals surface area contributed by atoms with Crippen molar-refractivity contribution in [1.82, 2.24) is 9.97 Å². The highest BCUT2D eigenvalue weighted by molar-refractivity contribution is 5.66. The summed E-state index contributed by atoms with van der Waals surface area (Å²) >= 11 is 0. The van der Waals surface area contributed by atoms with Crippen molar-refractivity contribution in [2.45, 2.75) is 39.2 Å². The maximum Gasteiger partial charge on any atom is 0.159 e. The number of hydrogen-bond acceptors (Lipinski definition) is 3. The van der Waals surface area contributed by atoms with E-state index in [-0.39, 0.29) is 0 Å². The quantitative estimate of drug-likeness (QED) is 0.847. The van der Waals surface area contributed by atoms with Crippen molar-refractivity contribution in [1.29, 1.82) is 0 Å². The van der Waals surface area contributed by atoms with Crippen LogP contribution >= 0.6 is 0 Å². The molecule has 1 aliphatic heterocycles. The molecule has 3 nitrogen and oxygen atoms in total. The van der Waals surface area contributed by atoms with Crippen molar-refractivity contribution >= 4 is 6.21 Å².